The van der Waals surface area contributed by atoms with Gasteiger partial charge in [-0.2, -0.15) is 13.2 Å². The lowest BCUT2D eigenvalue weighted by atomic mass is 9.97. The minimum Gasteiger partial charge on any atom is -0.408 e. The van der Waals surface area contributed by atoms with Crippen molar-refractivity contribution in [3.05, 3.63) is 80.2 Å². The summed E-state index contributed by atoms with van der Waals surface area (Å²) in [6, 6.07) is 9.75. The molecule has 12 heteroatoms. The fourth-order valence-corrected chi connectivity index (χ4v) is 5.41. The molecule has 0 atom stereocenters. The summed E-state index contributed by atoms with van der Waals surface area (Å²) < 4.78 is 43.1. The second-order valence-corrected chi connectivity index (χ2v) is 9.99. The molecule has 0 saturated carbocycles. The topological polar surface area (TPSA) is 108 Å². The maximum atomic E-state index is 12.7. The lowest BCUT2D eigenvalue weighted by Crippen LogP contribution is -2.38. The van der Waals surface area contributed by atoms with Crippen LogP contribution in [0.3, 0.4) is 0 Å². The van der Waals surface area contributed by atoms with Crippen molar-refractivity contribution in [3.8, 4) is 0 Å². The van der Waals surface area contributed by atoms with Gasteiger partial charge in [0.2, 0.25) is 5.91 Å². The number of carbonyl (C=O) groups excluding carboxylic acids is 2. The molecule has 1 aliphatic rings. The number of aromatic amines is 1. The summed E-state index contributed by atoms with van der Waals surface area (Å²) in [7, 11) is 0. The predicted molar refractivity (Wildman–Crippen MR) is 135 cm³/mol. The maximum absolute atomic E-state index is 12.7. The van der Waals surface area contributed by atoms with Crippen molar-refractivity contribution in [2.24, 2.45) is 0 Å². The van der Waals surface area contributed by atoms with Crippen LogP contribution in [-0.4, -0.2) is 39.8 Å². The lowest BCUT2D eigenvalue weighted by Gasteiger charge is -2.31. The van der Waals surface area contributed by atoms with Crippen molar-refractivity contribution < 1.29 is 27.2 Å². The monoisotopic (exact) mass is 544 g/mol. The van der Waals surface area contributed by atoms with Crippen LogP contribution in [0.15, 0.2) is 57.1 Å². The Hall–Kier alpha value is -3.93. The van der Waals surface area contributed by atoms with Gasteiger partial charge in [-0.15, -0.1) is 11.3 Å². The van der Waals surface area contributed by atoms with Gasteiger partial charge in [0.1, 0.15) is 5.69 Å². The van der Waals surface area contributed by atoms with Crippen LogP contribution in [0.25, 0.3) is 11.1 Å². The highest BCUT2D eigenvalue weighted by molar-refractivity contribution is 7.10. The van der Waals surface area contributed by atoms with Gasteiger partial charge in [-0.3, -0.25) is 14.6 Å². The molecule has 1 saturated heterocycles. The van der Waals surface area contributed by atoms with Crippen molar-refractivity contribution in [1.82, 2.24) is 14.9 Å². The SMILES string of the molecule is O=C(Nc1ccc2[nH]c(=O)oc2c1)c1csc(C2CCN(C(=O)CCc3ccc(C(F)(F)F)cc3)CC2)n1. The highest BCUT2D eigenvalue weighted by Gasteiger charge is 2.30. The van der Waals surface area contributed by atoms with E-state index in [1.165, 1.54) is 23.5 Å². The summed E-state index contributed by atoms with van der Waals surface area (Å²) >= 11 is 1.40. The Morgan fingerprint density at radius 3 is 2.58 bits per heavy atom. The molecule has 4 aromatic rings. The molecular formula is C26H23F3N4O4S. The van der Waals surface area contributed by atoms with Gasteiger partial charge in [-0.25, -0.2) is 9.78 Å². The van der Waals surface area contributed by atoms with Crippen molar-refractivity contribution in [2.45, 2.75) is 37.8 Å². The summed E-state index contributed by atoms with van der Waals surface area (Å²) in [6.07, 6.45) is -2.34. The number of benzene rings is 2. The van der Waals surface area contributed by atoms with E-state index in [9.17, 15) is 27.6 Å². The number of hydrogen-bond acceptors (Lipinski definition) is 6. The largest absolute Gasteiger partial charge is 0.417 e. The number of rotatable bonds is 6. The number of fused-ring (bicyclic) bond motifs is 1. The van der Waals surface area contributed by atoms with Crippen LogP contribution in [0.4, 0.5) is 18.9 Å². The van der Waals surface area contributed by atoms with Crippen LogP contribution >= 0.6 is 11.3 Å². The molecule has 3 heterocycles. The van der Waals surface area contributed by atoms with Gasteiger partial charge in [0, 0.05) is 42.6 Å². The molecule has 1 fully saturated rings. The molecule has 0 aliphatic carbocycles. The number of nitrogens with one attached hydrogen (secondary N) is 2. The molecule has 0 bridgehead atoms. The molecule has 2 aromatic heterocycles. The molecule has 1 aliphatic heterocycles. The number of oxazole rings is 1. The third-order valence-corrected chi connectivity index (χ3v) is 7.55. The number of nitrogens with zero attached hydrogens (tertiary/aromatic N) is 2. The molecule has 5 rings (SSSR count). The van der Waals surface area contributed by atoms with Crippen molar-refractivity contribution in [1.29, 1.82) is 0 Å². The van der Waals surface area contributed by atoms with Gasteiger partial charge in [-0.05, 0) is 49.1 Å². The summed E-state index contributed by atoms with van der Waals surface area (Å²) in [5.41, 5.74) is 1.62. The molecule has 0 unspecified atom stereocenters. The summed E-state index contributed by atoms with van der Waals surface area (Å²) in [5.74, 6) is -0.844. The fraction of sp³-hybridized carbons (Fsp3) is 0.308. The third-order valence-electron chi connectivity index (χ3n) is 6.54. The van der Waals surface area contributed by atoms with Crippen LogP contribution in [0, 0.1) is 0 Å². The first-order valence-corrected chi connectivity index (χ1v) is 12.9. The van der Waals surface area contributed by atoms with Gasteiger partial charge in [0.25, 0.3) is 5.91 Å². The Morgan fingerprint density at radius 2 is 1.87 bits per heavy atom. The van der Waals surface area contributed by atoms with E-state index >= 15 is 0 Å². The zero-order chi connectivity index (χ0) is 26.9. The summed E-state index contributed by atoms with van der Waals surface area (Å²) in [5, 5.41) is 5.28. The van der Waals surface area contributed by atoms with Gasteiger partial charge >= 0.3 is 11.9 Å². The number of thiazole rings is 1. The van der Waals surface area contributed by atoms with E-state index in [0.717, 1.165) is 17.1 Å². The number of likely N-dealkylation sites (tertiary alicyclic amines) is 1. The molecule has 8 nitrogen and oxygen atoms in total. The number of H-pyrrole nitrogens is 1. The molecule has 2 N–H and O–H groups in total. The molecule has 38 heavy (non-hydrogen) atoms. The van der Waals surface area contributed by atoms with Crippen LogP contribution in [0.2, 0.25) is 0 Å². The Bertz CT molecular complexity index is 1520. The van der Waals surface area contributed by atoms with Gasteiger partial charge < -0.3 is 14.6 Å². The Balaban J connectivity index is 1.11. The predicted octanol–water partition coefficient (Wildman–Crippen LogP) is 5.19. The normalized spacial score (nSPS) is 14.7. The number of aryl methyl sites for hydroxylation is 1. The summed E-state index contributed by atoms with van der Waals surface area (Å²) in [6.45, 7) is 1.11. The highest BCUT2D eigenvalue weighted by atomic mass is 32.1. The van der Waals surface area contributed by atoms with Gasteiger partial charge in [0.15, 0.2) is 5.58 Å². The Morgan fingerprint density at radius 1 is 1.13 bits per heavy atom. The molecule has 2 aromatic carbocycles. The van der Waals surface area contributed by atoms with Crippen LogP contribution in [0.1, 0.15) is 51.8 Å². The van der Waals surface area contributed by atoms with E-state index in [0.29, 0.717) is 54.7 Å². The zero-order valence-electron chi connectivity index (χ0n) is 20.0. The number of halogens is 3. The molecule has 0 radical (unpaired) electrons. The first-order valence-electron chi connectivity index (χ1n) is 12.0. The van der Waals surface area contributed by atoms with Gasteiger partial charge in [0.05, 0.1) is 16.1 Å². The number of amides is 2. The number of anilines is 1. The molecule has 2 amide bonds. The van der Waals surface area contributed by atoms with E-state index in [2.05, 4.69) is 15.3 Å². The first-order chi connectivity index (χ1) is 18.2. The first kappa shape index (κ1) is 25.7. The number of carbonyl (C=O) groups is 2. The average molecular weight is 545 g/mol. The number of hydrogen-bond donors (Lipinski definition) is 2. The van der Waals surface area contributed by atoms with Crippen LogP contribution in [-0.2, 0) is 17.4 Å². The molecule has 198 valence electrons. The maximum Gasteiger partial charge on any atom is 0.417 e. The van der Waals surface area contributed by atoms with E-state index in [4.69, 9.17) is 4.42 Å². The van der Waals surface area contributed by atoms with Gasteiger partial charge in [-0.1, -0.05) is 12.1 Å². The Kier molecular flexibility index (Phi) is 7.06. The van der Waals surface area contributed by atoms with Crippen molar-refractivity contribution in [3.63, 3.8) is 0 Å². The Labute approximate surface area is 218 Å². The van der Waals surface area contributed by atoms with E-state index in [-0.39, 0.29) is 29.8 Å². The number of alkyl halides is 3. The third kappa shape index (κ3) is 5.80. The number of aromatic nitrogens is 2. The number of piperidine rings is 1. The molecule has 0 spiro atoms. The van der Waals surface area contributed by atoms with E-state index in [1.807, 2.05) is 0 Å². The standard InChI is InChI=1S/C26H23F3N4O4S/c27-26(28,29)17-4-1-15(2-5-17)3-8-22(34)33-11-9-16(10-12-33)24-31-20(14-38-24)23(35)30-18-6-7-19-21(13-18)37-25(36)32-19/h1-2,4-7,13-14,16H,3,8-12H2,(H,30,35)(H,32,36). The second kappa shape index (κ2) is 10.4. The smallest absolute Gasteiger partial charge is 0.408 e. The fourth-order valence-electron chi connectivity index (χ4n) is 4.44. The average Bonchev–Trinajstić information content (AvgIpc) is 3.53. The van der Waals surface area contributed by atoms with Crippen LogP contribution in [0.5, 0.6) is 0 Å². The second-order valence-electron chi connectivity index (χ2n) is 9.10. The minimum atomic E-state index is -4.38. The van der Waals surface area contributed by atoms with Crippen molar-refractivity contribution in [2.75, 3.05) is 18.4 Å². The van der Waals surface area contributed by atoms with E-state index < -0.39 is 17.5 Å². The van der Waals surface area contributed by atoms with Crippen molar-refractivity contribution >= 4 is 39.9 Å². The van der Waals surface area contributed by atoms with E-state index in [1.54, 1.807) is 28.5 Å². The lowest BCUT2D eigenvalue weighted by molar-refractivity contribution is -0.137. The molecular weight excluding hydrogens is 521 g/mol. The highest BCUT2D eigenvalue weighted by Crippen LogP contribution is 2.31. The summed E-state index contributed by atoms with van der Waals surface area (Å²) in [4.78, 5) is 45.5. The quantitative estimate of drug-likeness (QED) is 0.348. The minimum absolute atomic E-state index is 0.0298. The van der Waals surface area contributed by atoms with Crippen LogP contribution < -0.4 is 11.1 Å². The zero-order valence-corrected chi connectivity index (χ0v) is 20.8.